The van der Waals surface area contributed by atoms with Crippen molar-refractivity contribution in [2.45, 2.75) is 95.5 Å². The van der Waals surface area contributed by atoms with E-state index in [0.29, 0.717) is 18.2 Å². The number of ether oxygens (including phenoxy) is 1. The molecule has 12 nitrogen and oxygen atoms in total. The molecule has 7 rings (SSSR count). The largest absolute Gasteiger partial charge is 0.478 e. The number of nitrogens with zero attached hydrogens (tertiary/aromatic N) is 5. The Balaban J connectivity index is 1.20. The van der Waals surface area contributed by atoms with Crippen LogP contribution in [0.5, 0.6) is 5.88 Å². The van der Waals surface area contributed by atoms with Gasteiger partial charge in [0.05, 0.1) is 34.1 Å². The van der Waals surface area contributed by atoms with Crippen molar-refractivity contribution in [1.29, 1.82) is 0 Å². The average molecular weight is 752 g/mol. The van der Waals surface area contributed by atoms with E-state index in [9.17, 15) is 18.3 Å². The molecule has 2 fully saturated rings. The fourth-order valence-electron chi connectivity index (χ4n) is 7.76. The molecule has 1 saturated carbocycles. The molecule has 1 aliphatic heterocycles. The fraction of sp³-hybridized carbons (Fsp3) is 0.439. The van der Waals surface area contributed by atoms with Crippen LogP contribution in [0.3, 0.4) is 0 Å². The molecule has 0 spiro atoms. The lowest BCUT2D eigenvalue weighted by molar-refractivity contribution is 0.0696. The lowest BCUT2D eigenvalue weighted by Gasteiger charge is -2.28. The second kappa shape index (κ2) is 14.7. The topological polar surface area (TPSA) is 161 Å². The first-order valence-corrected chi connectivity index (χ1v) is 20.2. The minimum absolute atomic E-state index is 0.0211. The summed E-state index contributed by atoms with van der Waals surface area (Å²) in [6, 6.07) is 14.9. The molecule has 3 atom stereocenters. The van der Waals surface area contributed by atoms with Crippen molar-refractivity contribution in [3.05, 3.63) is 88.9 Å². The number of rotatable bonds is 11. The Bertz CT molecular complexity index is 2290. The van der Waals surface area contributed by atoms with Gasteiger partial charge in [-0.05, 0) is 80.3 Å². The molecular weight excluding hydrogens is 703 g/mol. The monoisotopic (exact) mass is 751 g/mol. The molecule has 0 bridgehead atoms. The normalized spacial score (nSPS) is 19.4. The summed E-state index contributed by atoms with van der Waals surface area (Å²) in [7, 11) is -2.19. The number of nitrogens with one attached hydrogen (secondary N) is 2. The van der Waals surface area contributed by atoms with Gasteiger partial charge in [0, 0.05) is 35.8 Å². The molecule has 2 aromatic carbocycles. The summed E-state index contributed by atoms with van der Waals surface area (Å²) in [5.74, 6) is -0.0738. The second-order valence-corrected chi connectivity index (χ2v) is 17.7. The van der Waals surface area contributed by atoms with Crippen LogP contribution in [0, 0.1) is 25.7 Å². The number of fused-ring (bicyclic) bond motifs is 1. The summed E-state index contributed by atoms with van der Waals surface area (Å²) in [6.07, 6.45) is 8.55. The van der Waals surface area contributed by atoms with E-state index in [1.165, 1.54) is 36.7 Å². The van der Waals surface area contributed by atoms with Crippen LogP contribution < -0.4 is 14.8 Å². The van der Waals surface area contributed by atoms with Crippen LogP contribution in [0.2, 0.25) is 0 Å². The molecule has 1 saturated heterocycles. The first-order valence-electron chi connectivity index (χ1n) is 18.7. The predicted octanol–water partition coefficient (Wildman–Crippen LogP) is 7.52. The van der Waals surface area contributed by atoms with Crippen molar-refractivity contribution in [2.75, 3.05) is 11.3 Å². The van der Waals surface area contributed by atoms with E-state index in [2.05, 4.69) is 58.5 Å². The van der Waals surface area contributed by atoms with Crippen LogP contribution in [0.4, 0.5) is 5.95 Å². The van der Waals surface area contributed by atoms with E-state index >= 15 is 0 Å². The highest BCUT2D eigenvalue weighted by Crippen LogP contribution is 2.40. The van der Waals surface area contributed by atoms with Crippen molar-refractivity contribution in [3.8, 4) is 17.1 Å². The van der Waals surface area contributed by atoms with Gasteiger partial charge in [0.25, 0.3) is 10.0 Å². The van der Waals surface area contributed by atoms with Crippen LogP contribution in [0.15, 0.2) is 65.7 Å². The smallest absolute Gasteiger partial charge is 0.335 e. The van der Waals surface area contributed by atoms with Crippen LogP contribution in [0.1, 0.15) is 98.2 Å². The second-order valence-electron chi connectivity index (χ2n) is 16.0. The number of aromatic carboxylic acids is 1. The van der Waals surface area contributed by atoms with E-state index in [0.717, 1.165) is 71.2 Å². The molecule has 0 unspecified atom stereocenters. The molecular formula is C41H49N7O5S. The van der Waals surface area contributed by atoms with Crippen LogP contribution in [0.25, 0.3) is 22.4 Å². The molecule has 4 heterocycles. The quantitative estimate of drug-likeness (QED) is 0.123. The van der Waals surface area contributed by atoms with Crippen LogP contribution in [-0.2, 0) is 22.5 Å². The van der Waals surface area contributed by atoms with Crippen LogP contribution >= 0.6 is 0 Å². The number of carboxylic acid groups (broad SMARTS) is 1. The van der Waals surface area contributed by atoms with Crippen molar-refractivity contribution in [2.24, 2.45) is 18.9 Å². The molecule has 0 amide bonds. The van der Waals surface area contributed by atoms with E-state index in [4.69, 9.17) is 14.7 Å². The van der Waals surface area contributed by atoms with Gasteiger partial charge in [-0.2, -0.15) is 4.98 Å². The lowest BCUT2D eigenvalue weighted by atomic mass is 9.90. The summed E-state index contributed by atoms with van der Waals surface area (Å²) in [6.45, 7) is 10.8. The Hall–Kier alpha value is -4.88. The SMILES string of the molecule is Cc1cccc(C)c1-c1cc(OC[C@@H]2N[C@H](c3cnc4cc(C(C)(C)C)n(C)c4n3)CCC[C@H]2CC2CC2)nc(NS(=O)(=O)c2cccc(C(=O)O)c2)n1. The maximum absolute atomic E-state index is 13.5. The fourth-order valence-corrected chi connectivity index (χ4v) is 8.75. The van der Waals surface area contributed by atoms with E-state index in [-0.39, 0.29) is 39.8 Å². The number of aryl methyl sites for hydroxylation is 3. The highest BCUT2D eigenvalue weighted by molar-refractivity contribution is 7.92. The third kappa shape index (κ3) is 8.12. The zero-order valence-electron chi connectivity index (χ0n) is 31.8. The Kier molecular flexibility index (Phi) is 10.2. The maximum Gasteiger partial charge on any atom is 0.335 e. The van der Waals surface area contributed by atoms with Crippen LogP contribution in [-0.4, -0.2) is 56.6 Å². The number of carboxylic acids is 1. The highest BCUT2D eigenvalue weighted by atomic mass is 32.2. The summed E-state index contributed by atoms with van der Waals surface area (Å²) in [4.78, 5) is 30.6. The first kappa shape index (κ1) is 37.4. The number of carbonyl (C=O) groups is 1. The molecule has 5 aromatic rings. The standard InChI is InChI=1S/C41H49N7O5S/c1-24-10-7-11-25(2)37(24)31-21-36(46-40(45-31)47-54(51,52)29-14-8-13-28(19-29)39(49)50)53-23-34-27(18-26-16-17-26)12-9-15-30(43-34)33-22-42-32-20-35(41(3,4)5)48(6)38(32)44-33/h7-8,10-11,13-14,19-22,26-27,30,34,43H,9,12,15-18,23H2,1-6H3,(H,49,50)(H,45,46,47)/t27-,30-,34-/m0/s1. The van der Waals surface area contributed by atoms with Gasteiger partial charge in [-0.25, -0.2) is 27.9 Å². The van der Waals surface area contributed by atoms with Gasteiger partial charge >= 0.3 is 5.97 Å². The van der Waals surface area contributed by atoms with Gasteiger partial charge in [-0.1, -0.05) is 64.3 Å². The Labute approximate surface area is 316 Å². The molecule has 2 aliphatic rings. The lowest BCUT2D eigenvalue weighted by Crippen LogP contribution is -2.42. The predicted molar refractivity (Wildman–Crippen MR) is 208 cm³/mol. The zero-order chi connectivity index (χ0) is 38.4. The molecule has 3 N–H and O–H groups in total. The number of aromatic nitrogens is 5. The Morgan fingerprint density at radius 2 is 1.74 bits per heavy atom. The Morgan fingerprint density at radius 3 is 2.44 bits per heavy atom. The molecule has 54 heavy (non-hydrogen) atoms. The van der Waals surface area contributed by atoms with Gasteiger partial charge < -0.3 is 19.7 Å². The summed E-state index contributed by atoms with van der Waals surface area (Å²) >= 11 is 0. The molecule has 13 heteroatoms. The number of hydrogen-bond acceptors (Lipinski definition) is 9. The maximum atomic E-state index is 13.5. The Morgan fingerprint density at radius 1 is 1.00 bits per heavy atom. The van der Waals surface area contributed by atoms with Gasteiger partial charge in [0.15, 0.2) is 5.65 Å². The number of hydrogen-bond donors (Lipinski definition) is 3. The number of sulfonamides is 1. The first-order chi connectivity index (χ1) is 25.7. The zero-order valence-corrected chi connectivity index (χ0v) is 32.6. The van der Waals surface area contributed by atoms with Gasteiger partial charge in [-0.3, -0.25) is 4.98 Å². The van der Waals surface area contributed by atoms with Crippen molar-refractivity contribution in [1.82, 2.24) is 29.8 Å². The summed E-state index contributed by atoms with van der Waals surface area (Å²) in [5.41, 5.74) is 6.94. The van der Waals surface area contributed by atoms with Gasteiger partial charge in [-0.15, -0.1) is 0 Å². The third-order valence-corrected chi connectivity index (χ3v) is 12.1. The van der Waals surface area contributed by atoms with Crippen molar-refractivity contribution >= 4 is 33.1 Å². The molecule has 1 aliphatic carbocycles. The minimum Gasteiger partial charge on any atom is -0.478 e. The average Bonchev–Trinajstić information content (AvgIpc) is 3.91. The summed E-state index contributed by atoms with van der Waals surface area (Å²) in [5, 5.41) is 13.4. The summed E-state index contributed by atoms with van der Waals surface area (Å²) < 4.78 is 38.2. The van der Waals surface area contributed by atoms with Crippen molar-refractivity contribution < 1.29 is 23.1 Å². The molecule has 3 aromatic heterocycles. The van der Waals surface area contributed by atoms with Gasteiger partial charge in [0.2, 0.25) is 11.8 Å². The number of anilines is 1. The van der Waals surface area contributed by atoms with E-state index in [1.54, 1.807) is 6.07 Å². The van der Waals surface area contributed by atoms with Crippen molar-refractivity contribution in [3.63, 3.8) is 0 Å². The van der Waals surface area contributed by atoms with E-state index in [1.807, 2.05) is 38.2 Å². The third-order valence-electron chi connectivity index (χ3n) is 10.7. The highest BCUT2D eigenvalue weighted by Gasteiger charge is 2.35. The van der Waals surface area contributed by atoms with Gasteiger partial charge in [0.1, 0.15) is 12.1 Å². The minimum atomic E-state index is -4.25. The molecule has 0 radical (unpaired) electrons. The molecule has 284 valence electrons. The number of benzene rings is 2. The van der Waals surface area contributed by atoms with E-state index < -0.39 is 16.0 Å².